The van der Waals surface area contributed by atoms with E-state index in [1.54, 1.807) is 11.3 Å². The molecule has 1 saturated carbocycles. The van der Waals surface area contributed by atoms with Crippen LogP contribution in [0.5, 0.6) is 0 Å². The van der Waals surface area contributed by atoms with Gasteiger partial charge in [-0.3, -0.25) is 9.59 Å². The minimum Gasteiger partial charge on any atom is -0.331 e. The fourth-order valence-electron chi connectivity index (χ4n) is 4.07. The zero-order chi connectivity index (χ0) is 19.1. The minimum absolute atomic E-state index is 0.0575. The van der Waals surface area contributed by atoms with Gasteiger partial charge in [-0.25, -0.2) is 4.98 Å². The molecule has 144 valence electrons. The Morgan fingerprint density at radius 3 is 2.71 bits per heavy atom. The van der Waals surface area contributed by atoms with Crippen LogP contribution in [0.25, 0.3) is 10.2 Å². The molecule has 0 radical (unpaired) electrons. The Hall–Kier alpha value is -2.47. The van der Waals surface area contributed by atoms with Crippen molar-refractivity contribution in [2.24, 2.45) is 5.92 Å². The SMILES string of the molecule is O=C(C1CC1)N(Cc1ccccc1)Cc1nc2sc3c(c2c(=O)[nH]1)CCCC3. The summed E-state index contributed by atoms with van der Waals surface area (Å²) in [4.78, 5) is 37.3. The molecule has 1 amide bonds. The second-order valence-corrected chi connectivity index (χ2v) is 8.94. The average molecular weight is 394 g/mol. The number of nitrogens with one attached hydrogen (secondary N) is 1. The molecule has 0 saturated heterocycles. The number of H-pyrrole nitrogens is 1. The van der Waals surface area contributed by atoms with Gasteiger partial charge < -0.3 is 9.88 Å². The highest BCUT2D eigenvalue weighted by Crippen LogP contribution is 2.34. The maximum Gasteiger partial charge on any atom is 0.259 e. The third kappa shape index (κ3) is 3.37. The van der Waals surface area contributed by atoms with Gasteiger partial charge >= 0.3 is 0 Å². The zero-order valence-electron chi connectivity index (χ0n) is 15.7. The van der Waals surface area contributed by atoms with Gasteiger partial charge in [0.2, 0.25) is 5.91 Å². The van der Waals surface area contributed by atoms with Crippen LogP contribution >= 0.6 is 11.3 Å². The molecule has 0 bridgehead atoms. The quantitative estimate of drug-likeness (QED) is 0.717. The highest BCUT2D eigenvalue weighted by molar-refractivity contribution is 7.18. The summed E-state index contributed by atoms with van der Waals surface area (Å²) in [6.45, 7) is 0.886. The lowest BCUT2D eigenvalue weighted by Gasteiger charge is -2.22. The molecule has 1 N–H and O–H groups in total. The first kappa shape index (κ1) is 17.6. The van der Waals surface area contributed by atoms with Gasteiger partial charge in [-0.05, 0) is 49.7 Å². The smallest absolute Gasteiger partial charge is 0.259 e. The van der Waals surface area contributed by atoms with Crippen LogP contribution in [0, 0.1) is 5.92 Å². The summed E-state index contributed by atoms with van der Waals surface area (Å²) >= 11 is 1.65. The zero-order valence-corrected chi connectivity index (χ0v) is 16.6. The summed E-state index contributed by atoms with van der Waals surface area (Å²) in [7, 11) is 0. The van der Waals surface area contributed by atoms with Crippen LogP contribution in [0.4, 0.5) is 0 Å². The Balaban J connectivity index is 1.47. The van der Waals surface area contributed by atoms with E-state index in [-0.39, 0.29) is 17.4 Å². The van der Waals surface area contributed by atoms with Crippen LogP contribution in [-0.4, -0.2) is 20.8 Å². The molecule has 2 heterocycles. The van der Waals surface area contributed by atoms with Gasteiger partial charge in [0, 0.05) is 17.3 Å². The number of thiophene rings is 1. The van der Waals surface area contributed by atoms with Crippen LogP contribution in [0.1, 0.15) is 47.5 Å². The van der Waals surface area contributed by atoms with E-state index in [9.17, 15) is 9.59 Å². The van der Waals surface area contributed by atoms with Gasteiger partial charge in [-0.2, -0.15) is 0 Å². The predicted octanol–water partition coefficient (Wildman–Crippen LogP) is 3.80. The van der Waals surface area contributed by atoms with E-state index in [0.717, 1.165) is 47.9 Å². The number of amides is 1. The first-order valence-corrected chi connectivity index (χ1v) is 10.9. The molecule has 2 aromatic heterocycles. The second kappa shape index (κ2) is 7.17. The molecule has 1 aromatic carbocycles. The van der Waals surface area contributed by atoms with Crippen LogP contribution in [0.3, 0.4) is 0 Å². The fourth-order valence-corrected chi connectivity index (χ4v) is 5.35. The molecular formula is C22H23N3O2S. The highest BCUT2D eigenvalue weighted by atomic mass is 32.1. The largest absolute Gasteiger partial charge is 0.331 e. The van der Waals surface area contributed by atoms with Crippen LogP contribution in [0.15, 0.2) is 35.1 Å². The number of carbonyl (C=O) groups excluding carboxylic acids is 1. The summed E-state index contributed by atoms with van der Waals surface area (Å²) in [5.74, 6) is 0.881. The van der Waals surface area contributed by atoms with Crippen molar-refractivity contribution in [1.29, 1.82) is 0 Å². The van der Waals surface area contributed by atoms with E-state index >= 15 is 0 Å². The minimum atomic E-state index is -0.0575. The van der Waals surface area contributed by atoms with E-state index < -0.39 is 0 Å². The number of hydrogen-bond acceptors (Lipinski definition) is 4. The molecule has 5 nitrogen and oxygen atoms in total. The van der Waals surface area contributed by atoms with Crippen molar-refractivity contribution in [2.75, 3.05) is 0 Å². The molecule has 28 heavy (non-hydrogen) atoms. The van der Waals surface area contributed by atoms with E-state index in [0.29, 0.717) is 18.9 Å². The maximum atomic E-state index is 12.8. The van der Waals surface area contributed by atoms with Gasteiger partial charge in [0.25, 0.3) is 5.56 Å². The van der Waals surface area contributed by atoms with Gasteiger partial charge in [0.1, 0.15) is 10.7 Å². The van der Waals surface area contributed by atoms with E-state index in [4.69, 9.17) is 4.98 Å². The van der Waals surface area contributed by atoms with Gasteiger partial charge in [-0.1, -0.05) is 30.3 Å². The number of aryl methyl sites for hydroxylation is 2. The van der Waals surface area contributed by atoms with Crippen LogP contribution in [0.2, 0.25) is 0 Å². The first-order valence-electron chi connectivity index (χ1n) is 10.0. The van der Waals surface area contributed by atoms with Crippen molar-refractivity contribution in [1.82, 2.24) is 14.9 Å². The molecule has 2 aliphatic rings. The van der Waals surface area contributed by atoms with E-state index in [1.165, 1.54) is 16.9 Å². The molecule has 3 aromatic rings. The summed E-state index contributed by atoms with van der Waals surface area (Å²) in [5.41, 5.74) is 2.23. The van der Waals surface area contributed by atoms with E-state index in [2.05, 4.69) is 4.98 Å². The Morgan fingerprint density at radius 1 is 1.14 bits per heavy atom. The molecular weight excluding hydrogens is 370 g/mol. The average Bonchev–Trinajstić information content (AvgIpc) is 3.48. The van der Waals surface area contributed by atoms with Gasteiger partial charge in [0.05, 0.1) is 11.9 Å². The summed E-state index contributed by atoms with van der Waals surface area (Å²) in [6.07, 6.45) is 6.27. The lowest BCUT2D eigenvalue weighted by molar-refractivity contribution is -0.133. The van der Waals surface area contributed by atoms with Gasteiger partial charge in [-0.15, -0.1) is 11.3 Å². The monoisotopic (exact) mass is 393 g/mol. The van der Waals surface area contributed by atoms with Crippen molar-refractivity contribution in [3.8, 4) is 0 Å². The van der Waals surface area contributed by atoms with Gasteiger partial charge in [0.15, 0.2) is 0 Å². The number of carbonyl (C=O) groups is 1. The Morgan fingerprint density at radius 2 is 1.93 bits per heavy atom. The summed E-state index contributed by atoms with van der Waals surface area (Å²) in [6, 6.07) is 10.00. The number of hydrogen-bond donors (Lipinski definition) is 1. The maximum absolute atomic E-state index is 12.8. The number of fused-ring (bicyclic) bond motifs is 3. The molecule has 0 aliphatic heterocycles. The Labute approximate surface area is 167 Å². The molecule has 6 heteroatoms. The molecule has 1 fully saturated rings. The third-order valence-electron chi connectivity index (χ3n) is 5.67. The first-order chi connectivity index (χ1) is 13.7. The van der Waals surface area contributed by atoms with Crippen LogP contribution in [-0.2, 0) is 30.7 Å². The molecule has 0 unspecified atom stereocenters. The molecule has 0 spiro atoms. The van der Waals surface area contributed by atoms with Crippen molar-refractivity contribution in [3.05, 3.63) is 62.5 Å². The Kier molecular flexibility index (Phi) is 4.51. The number of aromatic nitrogens is 2. The number of rotatable bonds is 5. The Bertz CT molecular complexity index is 1080. The van der Waals surface area contributed by atoms with Crippen molar-refractivity contribution in [2.45, 2.75) is 51.6 Å². The lowest BCUT2D eigenvalue weighted by Crippen LogP contribution is -2.32. The lowest BCUT2D eigenvalue weighted by atomic mass is 9.97. The van der Waals surface area contributed by atoms with E-state index in [1.807, 2.05) is 35.2 Å². The summed E-state index contributed by atoms with van der Waals surface area (Å²) < 4.78 is 0. The standard InChI is InChI=1S/C22H23N3O2S/c26-20-19-16-8-4-5-9-17(16)28-21(19)24-18(23-20)13-25(22(27)15-10-11-15)12-14-6-2-1-3-7-14/h1-3,6-7,15H,4-5,8-13H2,(H,23,24,26). The second-order valence-electron chi connectivity index (χ2n) is 7.86. The van der Waals surface area contributed by atoms with Crippen molar-refractivity contribution >= 4 is 27.5 Å². The van der Waals surface area contributed by atoms with Crippen molar-refractivity contribution in [3.63, 3.8) is 0 Å². The highest BCUT2D eigenvalue weighted by Gasteiger charge is 2.34. The number of benzene rings is 1. The normalized spacial score (nSPS) is 16.1. The van der Waals surface area contributed by atoms with Crippen LogP contribution < -0.4 is 5.56 Å². The number of aromatic amines is 1. The van der Waals surface area contributed by atoms with Crippen molar-refractivity contribution < 1.29 is 4.79 Å². The molecule has 0 atom stereocenters. The topological polar surface area (TPSA) is 66.1 Å². The summed E-state index contributed by atoms with van der Waals surface area (Å²) in [5, 5.41) is 0.770. The fraction of sp³-hybridized carbons (Fsp3) is 0.409. The predicted molar refractivity (Wildman–Crippen MR) is 110 cm³/mol. The molecule has 2 aliphatic carbocycles. The third-order valence-corrected chi connectivity index (χ3v) is 6.85. The number of nitrogens with zero attached hydrogens (tertiary/aromatic N) is 2. The molecule has 5 rings (SSSR count).